The molecule has 0 saturated heterocycles. The summed E-state index contributed by atoms with van der Waals surface area (Å²) in [4.78, 5) is 44.9. The van der Waals surface area contributed by atoms with Crippen molar-refractivity contribution in [1.29, 1.82) is 0 Å². The highest BCUT2D eigenvalue weighted by molar-refractivity contribution is 6.01. The van der Waals surface area contributed by atoms with Gasteiger partial charge in [-0.2, -0.15) is 0 Å². The molecule has 4 nitrogen and oxygen atoms in total. The zero-order chi connectivity index (χ0) is 12.0. The molecule has 0 unspecified atom stereocenters. The van der Waals surface area contributed by atoms with Crippen LogP contribution in [0.4, 0.5) is 0 Å². The Hall–Kier alpha value is -1.58. The third-order valence-corrected chi connectivity index (χ3v) is 2.44. The van der Waals surface area contributed by atoms with Crippen LogP contribution in [0, 0.1) is 0 Å². The second-order valence-electron chi connectivity index (χ2n) is 3.84. The fraction of sp³-hybridized carbons (Fsp3) is 0.500. The molecule has 0 atom stereocenters. The number of ketones is 4. The van der Waals surface area contributed by atoms with Gasteiger partial charge in [-0.15, -0.1) is 0 Å². The van der Waals surface area contributed by atoms with Crippen LogP contribution < -0.4 is 0 Å². The number of allylic oxidation sites excluding steroid dienone is 2. The number of hydrogen-bond donors (Lipinski definition) is 0. The van der Waals surface area contributed by atoms with Crippen molar-refractivity contribution in [3.8, 4) is 0 Å². The Kier molecular flexibility index (Phi) is 4.76. The van der Waals surface area contributed by atoms with Crippen LogP contribution in [0.2, 0.25) is 0 Å². The number of hydrogen-bond acceptors (Lipinski definition) is 4. The topological polar surface area (TPSA) is 68.3 Å². The van der Waals surface area contributed by atoms with Gasteiger partial charge in [0.25, 0.3) is 0 Å². The summed E-state index contributed by atoms with van der Waals surface area (Å²) in [5.41, 5.74) is 0. The highest BCUT2D eigenvalue weighted by atomic mass is 16.1. The predicted octanol–water partition coefficient (Wildman–Crippen LogP) is 1.17. The van der Waals surface area contributed by atoms with Crippen molar-refractivity contribution in [2.45, 2.75) is 38.5 Å². The average molecular weight is 222 g/mol. The average Bonchev–Trinajstić information content (AvgIpc) is 2.27. The van der Waals surface area contributed by atoms with Gasteiger partial charge >= 0.3 is 0 Å². The fourth-order valence-electron chi connectivity index (χ4n) is 1.41. The highest BCUT2D eigenvalue weighted by Crippen LogP contribution is 2.06. The summed E-state index contributed by atoms with van der Waals surface area (Å²) in [6.45, 7) is 0. The highest BCUT2D eigenvalue weighted by Gasteiger charge is 2.11. The van der Waals surface area contributed by atoms with Crippen LogP contribution in [-0.2, 0) is 19.2 Å². The van der Waals surface area contributed by atoms with E-state index in [0.717, 1.165) is 0 Å². The van der Waals surface area contributed by atoms with Crippen LogP contribution in [0.1, 0.15) is 38.5 Å². The third-order valence-electron chi connectivity index (χ3n) is 2.44. The van der Waals surface area contributed by atoms with E-state index in [2.05, 4.69) is 0 Å². The van der Waals surface area contributed by atoms with Crippen molar-refractivity contribution < 1.29 is 19.2 Å². The lowest BCUT2D eigenvalue weighted by atomic mass is 10.0. The first kappa shape index (κ1) is 12.5. The zero-order valence-corrected chi connectivity index (χ0v) is 9.03. The second-order valence-corrected chi connectivity index (χ2v) is 3.84. The molecule has 0 aromatic carbocycles. The molecule has 0 spiro atoms. The molecule has 86 valence electrons. The predicted molar refractivity (Wildman–Crippen MR) is 56.9 cm³/mol. The lowest BCUT2D eigenvalue weighted by molar-refractivity contribution is -0.126. The van der Waals surface area contributed by atoms with Crippen molar-refractivity contribution in [1.82, 2.24) is 0 Å². The van der Waals surface area contributed by atoms with E-state index in [9.17, 15) is 19.2 Å². The first-order valence-electron chi connectivity index (χ1n) is 5.35. The van der Waals surface area contributed by atoms with E-state index in [1.807, 2.05) is 0 Å². The Bertz CT molecular complexity index is 318. The first-order chi connectivity index (χ1) is 7.58. The molecule has 0 saturated carbocycles. The fourth-order valence-corrected chi connectivity index (χ4v) is 1.41. The second kappa shape index (κ2) is 6.10. The molecule has 0 N–H and O–H groups in total. The molecule has 0 radical (unpaired) electrons. The molecule has 0 heterocycles. The number of Topliss-reactive ketones (excluding diaryl/α,β-unsaturated/α-hetero) is 2. The third kappa shape index (κ3) is 4.77. The van der Waals surface area contributed by atoms with Crippen LogP contribution in [0.15, 0.2) is 12.2 Å². The van der Waals surface area contributed by atoms with Crippen LogP contribution in [0.3, 0.4) is 0 Å². The van der Waals surface area contributed by atoms with Gasteiger partial charge in [0.15, 0.2) is 11.6 Å². The van der Waals surface area contributed by atoms with Crippen molar-refractivity contribution in [3.05, 3.63) is 12.2 Å². The lowest BCUT2D eigenvalue weighted by Crippen LogP contribution is -2.09. The largest absolute Gasteiger partial charge is 0.300 e. The van der Waals surface area contributed by atoms with Gasteiger partial charge in [0.1, 0.15) is 11.6 Å². The van der Waals surface area contributed by atoms with Crippen molar-refractivity contribution in [3.63, 3.8) is 0 Å². The Morgan fingerprint density at radius 3 is 1.25 bits per heavy atom. The van der Waals surface area contributed by atoms with Gasteiger partial charge in [0, 0.05) is 38.5 Å². The van der Waals surface area contributed by atoms with Gasteiger partial charge in [0.05, 0.1) is 0 Å². The smallest absolute Gasteiger partial charge is 0.156 e. The quantitative estimate of drug-likeness (QED) is 0.617. The summed E-state index contributed by atoms with van der Waals surface area (Å²) in [5, 5.41) is 0. The zero-order valence-electron chi connectivity index (χ0n) is 9.03. The summed E-state index contributed by atoms with van der Waals surface area (Å²) in [6, 6.07) is 0. The maximum atomic E-state index is 11.3. The molecule has 0 amide bonds. The standard InChI is InChI=1S/C12H14O4/c13-9-1-2-10(14)5-6-12(16)8-7-11(15)4-3-9/h1-2H,3-8H2/b2-1-. The summed E-state index contributed by atoms with van der Waals surface area (Å²) >= 11 is 0. The van der Waals surface area contributed by atoms with E-state index in [4.69, 9.17) is 0 Å². The van der Waals surface area contributed by atoms with E-state index < -0.39 is 0 Å². The maximum Gasteiger partial charge on any atom is 0.156 e. The summed E-state index contributed by atoms with van der Waals surface area (Å²) < 4.78 is 0. The molecule has 0 aromatic rings. The van der Waals surface area contributed by atoms with E-state index in [1.54, 1.807) is 0 Å². The molecular formula is C12H14O4. The van der Waals surface area contributed by atoms with E-state index >= 15 is 0 Å². The van der Waals surface area contributed by atoms with E-state index in [0.29, 0.717) is 0 Å². The van der Waals surface area contributed by atoms with E-state index in [1.165, 1.54) is 12.2 Å². The molecule has 1 aliphatic carbocycles. The summed E-state index contributed by atoms with van der Waals surface area (Å²) in [7, 11) is 0. The molecule has 0 fully saturated rings. The normalized spacial score (nSPS) is 22.5. The summed E-state index contributed by atoms with van der Waals surface area (Å²) in [6.07, 6.45) is 3.32. The Balaban J connectivity index is 2.64. The molecule has 16 heavy (non-hydrogen) atoms. The van der Waals surface area contributed by atoms with E-state index in [-0.39, 0.29) is 61.7 Å². The van der Waals surface area contributed by atoms with Crippen molar-refractivity contribution >= 4 is 23.1 Å². The lowest BCUT2D eigenvalue weighted by Gasteiger charge is -2.01. The molecule has 4 heteroatoms. The van der Waals surface area contributed by atoms with Gasteiger partial charge in [0.2, 0.25) is 0 Å². The minimum Gasteiger partial charge on any atom is -0.300 e. The minimum atomic E-state index is -0.214. The Labute approximate surface area is 93.7 Å². The maximum absolute atomic E-state index is 11.3. The SMILES string of the molecule is O=C1/C=C\C(=O)CCC(=O)CCC(=O)CC1. The Morgan fingerprint density at radius 1 is 0.562 bits per heavy atom. The molecule has 0 aliphatic heterocycles. The number of carbonyl (C=O) groups is 4. The van der Waals surface area contributed by atoms with Gasteiger partial charge in [-0.05, 0) is 12.2 Å². The van der Waals surface area contributed by atoms with Crippen LogP contribution >= 0.6 is 0 Å². The molecule has 1 aliphatic rings. The van der Waals surface area contributed by atoms with Crippen LogP contribution in [-0.4, -0.2) is 23.1 Å². The van der Waals surface area contributed by atoms with Gasteiger partial charge < -0.3 is 0 Å². The number of rotatable bonds is 0. The molecular weight excluding hydrogens is 208 g/mol. The summed E-state index contributed by atoms with van der Waals surface area (Å²) in [5.74, 6) is -0.564. The molecule has 1 rings (SSSR count). The monoisotopic (exact) mass is 222 g/mol. The van der Waals surface area contributed by atoms with Gasteiger partial charge in [-0.25, -0.2) is 0 Å². The van der Waals surface area contributed by atoms with Gasteiger partial charge in [-0.1, -0.05) is 0 Å². The minimum absolute atomic E-state index is 0.0676. The van der Waals surface area contributed by atoms with Crippen molar-refractivity contribution in [2.24, 2.45) is 0 Å². The van der Waals surface area contributed by atoms with Crippen LogP contribution in [0.25, 0.3) is 0 Å². The van der Waals surface area contributed by atoms with Gasteiger partial charge in [-0.3, -0.25) is 19.2 Å². The molecule has 0 aromatic heterocycles. The molecule has 0 bridgehead atoms. The Morgan fingerprint density at radius 2 is 0.875 bits per heavy atom. The number of carbonyl (C=O) groups excluding carboxylic acids is 4. The first-order valence-corrected chi connectivity index (χ1v) is 5.35. The van der Waals surface area contributed by atoms with Crippen molar-refractivity contribution in [2.75, 3.05) is 0 Å². The van der Waals surface area contributed by atoms with Crippen LogP contribution in [0.5, 0.6) is 0 Å².